The van der Waals surface area contributed by atoms with Crippen LogP contribution in [0.1, 0.15) is 27.7 Å². The summed E-state index contributed by atoms with van der Waals surface area (Å²) in [6, 6.07) is 3.20. The number of aromatic nitrogens is 4. The van der Waals surface area contributed by atoms with Crippen molar-refractivity contribution >= 4 is 29.3 Å². The molecule has 1 aliphatic rings. The molecule has 1 N–H and O–H groups in total. The minimum atomic E-state index is -1.75. The van der Waals surface area contributed by atoms with Crippen LogP contribution in [0, 0.1) is 0 Å². The standard InChI is InChI=1S/C18H22ClN5O5/c1-10-9-23(13-5-6-24(22-13)11-7-12(19)21-20-8-11)16(26)15(28-10)14(25)17(27)29-18(2,3)4/h5-8,10,14-15,25H,9H2,1-4H3/t10-,14+,15+/m0/s1. The van der Waals surface area contributed by atoms with Gasteiger partial charge in [-0.3, -0.25) is 9.69 Å². The summed E-state index contributed by atoms with van der Waals surface area (Å²) in [7, 11) is 0. The van der Waals surface area contributed by atoms with E-state index in [0.29, 0.717) is 11.5 Å². The van der Waals surface area contributed by atoms with Gasteiger partial charge in [0, 0.05) is 18.3 Å². The molecule has 3 atom stereocenters. The first-order chi connectivity index (χ1) is 13.5. The van der Waals surface area contributed by atoms with Crippen LogP contribution < -0.4 is 4.90 Å². The van der Waals surface area contributed by atoms with Crippen LogP contribution >= 0.6 is 11.6 Å². The van der Waals surface area contributed by atoms with Crippen LogP contribution in [0.25, 0.3) is 5.69 Å². The number of hydrogen-bond acceptors (Lipinski definition) is 8. The Bertz CT molecular complexity index is 912. The Hall–Kier alpha value is -2.56. The minimum absolute atomic E-state index is 0.205. The lowest BCUT2D eigenvalue weighted by atomic mass is 10.1. The van der Waals surface area contributed by atoms with Gasteiger partial charge in [0.05, 0.1) is 24.5 Å². The van der Waals surface area contributed by atoms with Crippen LogP contribution in [0.15, 0.2) is 24.5 Å². The minimum Gasteiger partial charge on any atom is -0.458 e. The van der Waals surface area contributed by atoms with Gasteiger partial charge in [-0.15, -0.1) is 10.2 Å². The van der Waals surface area contributed by atoms with E-state index in [2.05, 4.69) is 15.3 Å². The average molecular weight is 424 g/mol. The maximum Gasteiger partial charge on any atom is 0.338 e. The van der Waals surface area contributed by atoms with Gasteiger partial charge in [-0.05, 0) is 27.7 Å². The molecule has 0 spiro atoms. The number of hydrogen-bond donors (Lipinski definition) is 1. The van der Waals surface area contributed by atoms with Gasteiger partial charge in [0.25, 0.3) is 5.91 Å². The second-order valence-corrected chi connectivity index (χ2v) is 8.04. The second kappa shape index (κ2) is 8.05. The molecule has 11 heteroatoms. The van der Waals surface area contributed by atoms with Crippen LogP contribution in [0.4, 0.5) is 5.82 Å². The Kier molecular flexibility index (Phi) is 5.87. The molecule has 156 valence electrons. The first-order valence-corrected chi connectivity index (χ1v) is 9.35. The third-order valence-corrected chi connectivity index (χ3v) is 4.17. The average Bonchev–Trinajstić information content (AvgIpc) is 3.11. The SMILES string of the molecule is C[C@H]1CN(c2ccn(-c3cnnc(Cl)c3)n2)C(=O)[C@@H]([C@@H](O)C(=O)OC(C)(C)C)O1. The number of ether oxygens (including phenoxy) is 2. The quantitative estimate of drug-likeness (QED) is 0.727. The van der Waals surface area contributed by atoms with Gasteiger partial charge >= 0.3 is 5.97 Å². The Morgan fingerprint density at radius 2 is 2.17 bits per heavy atom. The van der Waals surface area contributed by atoms with E-state index >= 15 is 0 Å². The zero-order chi connectivity index (χ0) is 21.3. The van der Waals surface area contributed by atoms with E-state index < -0.39 is 35.8 Å². The third kappa shape index (κ3) is 4.89. The summed E-state index contributed by atoms with van der Waals surface area (Å²) in [6.07, 6.45) is -0.471. The zero-order valence-corrected chi connectivity index (χ0v) is 17.2. The van der Waals surface area contributed by atoms with E-state index in [-0.39, 0.29) is 11.7 Å². The number of aliphatic hydroxyl groups excluding tert-OH is 1. The van der Waals surface area contributed by atoms with Crippen LogP contribution in [-0.2, 0) is 19.1 Å². The van der Waals surface area contributed by atoms with Crippen molar-refractivity contribution in [1.82, 2.24) is 20.0 Å². The molecule has 29 heavy (non-hydrogen) atoms. The maximum atomic E-state index is 12.9. The molecule has 1 aliphatic heterocycles. The number of esters is 1. The molecule has 3 heterocycles. The van der Waals surface area contributed by atoms with Crippen LogP contribution in [-0.4, -0.2) is 67.4 Å². The molecule has 3 rings (SSSR count). The normalized spacial score (nSPS) is 21.2. The molecular formula is C18H22ClN5O5. The second-order valence-electron chi connectivity index (χ2n) is 7.65. The molecule has 0 aliphatic carbocycles. The van der Waals surface area contributed by atoms with Crippen molar-refractivity contribution in [2.24, 2.45) is 0 Å². The number of anilines is 1. The molecule has 1 amide bonds. The molecule has 10 nitrogen and oxygen atoms in total. The van der Waals surface area contributed by atoms with Crippen LogP contribution in [0.5, 0.6) is 0 Å². The van der Waals surface area contributed by atoms with Gasteiger partial charge in [0.15, 0.2) is 23.2 Å². The van der Waals surface area contributed by atoms with Crippen molar-refractivity contribution in [1.29, 1.82) is 0 Å². The van der Waals surface area contributed by atoms with Crippen molar-refractivity contribution in [3.63, 3.8) is 0 Å². The number of aliphatic hydroxyl groups is 1. The number of morpholine rings is 1. The maximum absolute atomic E-state index is 12.9. The highest BCUT2D eigenvalue weighted by atomic mass is 35.5. The fourth-order valence-electron chi connectivity index (χ4n) is 2.81. The summed E-state index contributed by atoms with van der Waals surface area (Å²) in [5, 5.41) is 22.4. The summed E-state index contributed by atoms with van der Waals surface area (Å²) in [4.78, 5) is 26.5. The van der Waals surface area contributed by atoms with E-state index in [1.165, 1.54) is 15.8 Å². The molecule has 0 radical (unpaired) electrons. The lowest BCUT2D eigenvalue weighted by Crippen LogP contribution is -2.57. The fraction of sp³-hybridized carbons (Fsp3) is 0.500. The van der Waals surface area contributed by atoms with Gasteiger partial charge in [0.1, 0.15) is 5.60 Å². The Morgan fingerprint density at radius 3 is 2.83 bits per heavy atom. The molecule has 1 saturated heterocycles. The Labute approximate surface area is 172 Å². The summed E-state index contributed by atoms with van der Waals surface area (Å²) in [5.41, 5.74) is -0.241. The molecule has 0 unspecified atom stereocenters. The summed E-state index contributed by atoms with van der Waals surface area (Å²) in [5.74, 6) is -1.18. The van der Waals surface area contributed by atoms with Crippen LogP contribution in [0.2, 0.25) is 5.15 Å². The molecular weight excluding hydrogens is 402 g/mol. The monoisotopic (exact) mass is 423 g/mol. The van der Waals surface area contributed by atoms with Gasteiger partial charge < -0.3 is 14.6 Å². The van der Waals surface area contributed by atoms with Gasteiger partial charge in [-0.25, -0.2) is 9.48 Å². The van der Waals surface area contributed by atoms with Crippen molar-refractivity contribution in [2.45, 2.75) is 51.6 Å². The first-order valence-electron chi connectivity index (χ1n) is 8.97. The highest BCUT2D eigenvalue weighted by Gasteiger charge is 2.43. The lowest BCUT2D eigenvalue weighted by Gasteiger charge is -2.36. The number of amides is 1. The fourth-order valence-corrected chi connectivity index (χ4v) is 2.97. The van der Waals surface area contributed by atoms with E-state index in [0.717, 1.165) is 0 Å². The third-order valence-electron chi connectivity index (χ3n) is 3.99. The number of halogens is 1. The molecule has 2 aromatic rings. The smallest absolute Gasteiger partial charge is 0.338 e. The zero-order valence-electron chi connectivity index (χ0n) is 16.4. The summed E-state index contributed by atoms with van der Waals surface area (Å²) >= 11 is 5.85. The Balaban J connectivity index is 1.81. The summed E-state index contributed by atoms with van der Waals surface area (Å²) in [6.45, 7) is 6.95. The van der Waals surface area contributed by atoms with Crippen molar-refractivity contribution in [2.75, 3.05) is 11.4 Å². The molecule has 2 aromatic heterocycles. The molecule has 0 aromatic carbocycles. The highest BCUT2D eigenvalue weighted by Crippen LogP contribution is 2.24. The number of carbonyl (C=O) groups is 2. The summed E-state index contributed by atoms with van der Waals surface area (Å²) < 4.78 is 12.2. The number of rotatable bonds is 4. The van der Waals surface area contributed by atoms with Crippen molar-refractivity contribution in [3.05, 3.63) is 29.7 Å². The predicted molar refractivity (Wildman–Crippen MR) is 103 cm³/mol. The predicted octanol–water partition coefficient (Wildman–Crippen LogP) is 1.14. The van der Waals surface area contributed by atoms with E-state index in [1.807, 2.05) is 0 Å². The van der Waals surface area contributed by atoms with Gasteiger partial charge in [0.2, 0.25) is 0 Å². The molecule has 0 bridgehead atoms. The lowest BCUT2D eigenvalue weighted by molar-refractivity contribution is -0.181. The van der Waals surface area contributed by atoms with Gasteiger partial charge in [-0.2, -0.15) is 5.10 Å². The van der Waals surface area contributed by atoms with E-state index in [9.17, 15) is 14.7 Å². The van der Waals surface area contributed by atoms with Crippen molar-refractivity contribution < 1.29 is 24.2 Å². The van der Waals surface area contributed by atoms with E-state index in [1.54, 1.807) is 46.0 Å². The van der Waals surface area contributed by atoms with Gasteiger partial charge in [-0.1, -0.05) is 11.6 Å². The van der Waals surface area contributed by atoms with E-state index in [4.69, 9.17) is 21.1 Å². The highest BCUT2D eigenvalue weighted by molar-refractivity contribution is 6.29. The number of carbonyl (C=O) groups excluding carboxylic acids is 2. The largest absolute Gasteiger partial charge is 0.458 e. The first kappa shape index (κ1) is 21.2. The topological polar surface area (TPSA) is 120 Å². The van der Waals surface area contributed by atoms with Crippen LogP contribution in [0.3, 0.4) is 0 Å². The Morgan fingerprint density at radius 1 is 1.45 bits per heavy atom. The number of nitrogens with zero attached hydrogens (tertiary/aromatic N) is 5. The molecule has 1 fully saturated rings. The van der Waals surface area contributed by atoms with Crippen molar-refractivity contribution in [3.8, 4) is 5.69 Å². The molecule has 0 saturated carbocycles.